The maximum atomic E-state index is 11.7. The molecule has 0 saturated heterocycles. The van der Waals surface area contributed by atoms with Crippen LogP contribution in [-0.4, -0.2) is 17.3 Å². The van der Waals surface area contributed by atoms with Gasteiger partial charge in [-0.25, -0.2) is 0 Å². The van der Waals surface area contributed by atoms with Crippen molar-refractivity contribution in [2.45, 2.75) is 63.4 Å². The van der Waals surface area contributed by atoms with E-state index in [1.54, 1.807) is 0 Å². The average molecular weight is 273 g/mol. The fourth-order valence-corrected chi connectivity index (χ4v) is 4.95. The van der Waals surface area contributed by atoms with E-state index in [9.17, 15) is 5.11 Å². The van der Waals surface area contributed by atoms with E-state index in [4.69, 9.17) is 5.73 Å². The summed E-state index contributed by atoms with van der Waals surface area (Å²) < 4.78 is 0. The van der Waals surface area contributed by atoms with Crippen molar-refractivity contribution in [2.24, 2.45) is 11.1 Å². The lowest BCUT2D eigenvalue weighted by Crippen LogP contribution is -2.62. The largest absolute Gasteiger partial charge is 0.388 e. The van der Waals surface area contributed by atoms with Gasteiger partial charge < -0.3 is 10.8 Å². The van der Waals surface area contributed by atoms with Crippen LogP contribution in [0.25, 0.3) is 0 Å². The molecule has 2 atom stereocenters. The molecule has 3 rings (SSSR count). The van der Waals surface area contributed by atoms with Gasteiger partial charge in [0, 0.05) is 12.0 Å². The first-order valence-corrected chi connectivity index (χ1v) is 7.98. The first kappa shape index (κ1) is 14.1. The Hall–Kier alpha value is -0.860. The molecule has 1 saturated carbocycles. The van der Waals surface area contributed by atoms with Crippen LogP contribution in [0, 0.1) is 5.41 Å². The minimum atomic E-state index is -0.675. The monoisotopic (exact) mass is 273 g/mol. The quantitative estimate of drug-likeness (QED) is 0.869. The third-order valence-corrected chi connectivity index (χ3v) is 6.18. The van der Waals surface area contributed by atoms with Crippen molar-refractivity contribution >= 4 is 0 Å². The van der Waals surface area contributed by atoms with Gasteiger partial charge in [0.1, 0.15) is 0 Å². The lowest BCUT2D eigenvalue weighted by molar-refractivity contribution is -0.111. The number of nitrogens with two attached hydrogens (primary N) is 1. The Balaban J connectivity index is 2.19. The topological polar surface area (TPSA) is 46.2 Å². The summed E-state index contributed by atoms with van der Waals surface area (Å²) in [5, 5.41) is 11.7. The van der Waals surface area contributed by atoms with Crippen LogP contribution in [0.1, 0.15) is 57.1 Å². The Kier molecular flexibility index (Phi) is 3.22. The van der Waals surface area contributed by atoms with Crippen molar-refractivity contribution in [1.29, 1.82) is 0 Å². The molecule has 20 heavy (non-hydrogen) atoms. The van der Waals surface area contributed by atoms with Crippen molar-refractivity contribution in [2.75, 3.05) is 6.54 Å². The molecule has 0 aromatic heterocycles. The zero-order chi connectivity index (χ0) is 14.4. The second-order valence-corrected chi connectivity index (χ2v) is 7.39. The molecule has 2 aliphatic rings. The molecular formula is C18H27NO. The maximum absolute atomic E-state index is 11.7. The third kappa shape index (κ3) is 1.64. The van der Waals surface area contributed by atoms with E-state index >= 15 is 0 Å². The molecule has 0 bridgehead atoms. The Labute approximate surface area is 122 Å². The smallest absolute Gasteiger partial charge is 0.0806 e. The van der Waals surface area contributed by atoms with E-state index in [2.05, 4.69) is 38.1 Å². The fourth-order valence-electron chi connectivity index (χ4n) is 4.95. The van der Waals surface area contributed by atoms with Crippen molar-refractivity contribution in [1.82, 2.24) is 0 Å². The standard InChI is InChI=1S/C18H27NO/c1-16(2)10-6-12-18(16,20)17(13-19)11-5-8-14-7-3-4-9-15(14)17/h3-4,7,9,20H,5-6,8,10-13,19H2,1-2H3. The molecule has 0 aliphatic heterocycles. The molecule has 0 spiro atoms. The predicted molar refractivity (Wildman–Crippen MR) is 82.7 cm³/mol. The molecule has 3 N–H and O–H groups in total. The lowest BCUT2D eigenvalue weighted by Gasteiger charge is -2.54. The third-order valence-electron chi connectivity index (χ3n) is 6.18. The van der Waals surface area contributed by atoms with Crippen LogP contribution in [0.15, 0.2) is 24.3 Å². The summed E-state index contributed by atoms with van der Waals surface area (Å²) in [6, 6.07) is 8.62. The van der Waals surface area contributed by atoms with Gasteiger partial charge in [-0.1, -0.05) is 38.1 Å². The molecule has 2 aliphatic carbocycles. The van der Waals surface area contributed by atoms with Gasteiger partial charge in [0.05, 0.1) is 5.60 Å². The Bertz CT molecular complexity index is 510. The molecule has 2 nitrogen and oxygen atoms in total. The second-order valence-electron chi connectivity index (χ2n) is 7.39. The van der Waals surface area contributed by atoms with Crippen LogP contribution in [0.4, 0.5) is 0 Å². The summed E-state index contributed by atoms with van der Waals surface area (Å²) in [5.41, 5.74) is 7.98. The minimum Gasteiger partial charge on any atom is -0.388 e. The summed E-state index contributed by atoms with van der Waals surface area (Å²) >= 11 is 0. The van der Waals surface area contributed by atoms with Gasteiger partial charge in [-0.05, 0) is 55.1 Å². The lowest BCUT2D eigenvalue weighted by atomic mass is 9.54. The average Bonchev–Trinajstić information content (AvgIpc) is 2.73. The maximum Gasteiger partial charge on any atom is 0.0806 e. The fraction of sp³-hybridized carbons (Fsp3) is 0.667. The summed E-state index contributed by atoms with van der Waals surface area (Å²) in [6.45, 7) is 4.98. The highest BCUT2D eigenvalue weighted by Gasteiger charge is 2.61. The summed E-state index contributed by atoms with van der Waals surface area (Å²) in [5.74, 6) is 0. The predicted octanol–water partition coefficient (Wildman–Crippen LogP) is 3.16. The number of hydrogen-bond donors (Lipinski definition) is 2. The molecule has 1 aromatic rings. The van der Waals surface area contributed by atoms with E-state index in [0.717, 1.165) is 38.5 Å². The molecule has 0 radical (unpaired) electrons. The van der Waals surface area contributed by atoms with E-state index in [-0.39, 0.29) is 10.8 Å². The van der Waals surface area contributed by atoms with Crippen molar-refractivity contribution in [3.63, 3.8) is 0 Å². The molecule has 0 amide bonds. The van der Waals surface area contributed by atoms with Crippen LogP contribution in [0.2, 0.25) is 0 Å². The molecule has 1 aromatic carbocycles. The Morgan fingerprint density at radius 1 is 1.10 bits per heavy atom. The second kappa shape index (κ2) is 4.57. The number of aryl methyl sites for hydroxylation is 1. The zero-order valence-electron chi connectivity index (χ0n) is 12.8. The molecule has 0 heterocycles. The molecule has 2 unspecified atom stereocenters. The van der Waals surface area contributed by atoms with E-state index < -0.39 is 5.60 Å². The van der Waals surface area contributed by atoms with Crippen molar-refractivity contribution < 1.29 is 5.11 Å². The number of fused-ring (bicyclic) bond motifs is 1. The zero-order valence-corrected chi connectivity index (χ0v) is 12.8. The molecular weight excluding hydrogens is 246 g/mol. The van der Waals surface area contributed by atoms with Crippen molar-refractivity contribution in [3.8, 4) is 0 Å². The highest BCUT2D eigenvalue weighted by Crippen LogP contribution is 2.58. The highest BCUT2D eigenvalue weighted by atomic mass is 16.3. The number of rotatable bonds is 2. The SMILES string of the molecule is CC1(C)CCCC1(O)C1(CN)CCCc2ccccc21. The number of aliphatic hydroxyl groups is 1. The van der Waals surface area contributed by atoms with Gasteiger partial charge in [-0.2, -0.15) is 0 Å². The summed E-state index contributed by atoms with van der Waals surface area (Å²) in [4.78, 5) is 0. The molecule has 1 fully saturated rings. The first-order chi connectivity index (χ1) is 9.47. The van der Waals surface area contributed by atoms with Crippen LogP contribution in [0.5, 0.6) is 0 Å². The molecule has 110 valence electrons. The van der Waals surface area contributed by atoms with Crippen LogP contribution < -0.4 is 5.73 Å². The van der Waals surface area contributed by atoms with Gasteiger partial charge in [-0.15, -0.1) is 0 Å². The number of benzene rings is 1. The van der Waals surface area contributed by atoms with Gasteiger partial charge in [0.2, 0.25) is 0 Å². The van der Waals surface area contributed by atoms with Gasteiger partial charge >= 0.3 is 0 Å². The Morgan fingerprint density at radius 3 is 2.50 bits per heavy atom. The van der Waals surface area contributed by atoms with Crippen LogP contribution in [0.3, 0.4) is 0 Å². The van der Waals surface area contributed by atoms with Crippen LogP contribution >= 0.6 is 0 Å². The Morgan fingerprint density at radius 2 is 1.85 bits per heavy atom. The molecule has 2 heteroatoms. The van der Waals surface area contributed by atoms with E-state index in [1.807, 2.05) is 0 Å². The van der Waals surface area contributed by atoms with Gasteiger partial charge in [-0.3, -0.25) is 0 Å². The summed E-state index contributed by atoms with van der Waals surface area (Å²) in [7, 11) is 0. The van der Waals surface area contributed by atoms with E-state index in [1.165, 1.54) is 11.1 Å². The minimum absolute atomic E-state index is 0.0587. The van der Waals surface area contributed by atoms with E-state index in [0.29, 0.717) is 6.54 Å². The normalized spacial score (nSPS) is 35.8. The van der Waals surface area contributed by atoms with Crippen LogP contribution in [-0.2, 0) is 11.8 Å². The number of hydrogen-bond acceptors (Lipinski definition) is 2. The van der Waals surface area contributed by atoms with Gasteiger partial charge in [0.15, 0.2) is 0 Å². The summed E-state index contributed by atoms with van der Waals surface area (Å²) in [6.07, 6.45) is 6.34. The highest BCUT2D eigenvalue weighted by molar-refractivity contribution is 5.41. The first-order valence-electron chi connectivity index (χ1n) is 7.98. The van der Waals surface area contributed by atoms with Gasteiger partial charge in [0.25, 0.3) is 0 Å². The van der Waals surface area contributed by atoms with Crippen molar-refractivity contribution in [3.05, 3.63) is 35.4 Å².